The predicted octanol–water partition coefficient (Wildman–Crippen LogP) is 2.65. The molecule has 6 heteroatoms. The first-order chi connectivity index (χ1) is 10.5. The molecule has 0 unspecified atom stereocenters. The summed E-state index contributed by atoms with van der Waals surface area (Å²) in [5.74, 6) is -0.282. The molecular formula is C16H22BrN3O2. The number of nitrogens with zero attached hydrogens (tertiary/aromatic N) is 1. The van der Waals surface area contributed by atoms with Crippen LogP contribution in [0.25, 0.3) is 0 Å². The minimum absolute atomic E-state index is 0.189. The van der Waals surface area contributed by atoms with Gasteiger partial charge in [0.15, 0.2) is 0 Å². The van der Waals surface area contributed by atoms with E-state index in [-0.39, 0.29) is 24.5 Å². The third kappa shape index (κ3) is 5.77. The summed E-state index contributed by atoms with van der Waals surface area (Å²) < 4.78 is 1.03. The minimum Gasteiger partial charge on any atom is -0.335 e. The summed E-state index contributed by atoms with van der Waals surface area (Å²) in [6.07, 6.45) is 4.31. The van der Waals surface area contributed by atoms with E-state index in [0.717, 1.165) is 35.7 Å². The highest BCUT2D eigenvalue weighted by Crippen LogP contribution is 2.17. The average molecular weight is 368 g/mol. The van der Waals surface area contributed by atoms with Crippen molar-refractivity contribution in [3.8, 4) is 0 Å². The second-order valence-corrected chi connectivity index (χ2v) is 6.72. The van der Waals surface area contributed by atoms with Gasteiger partial charge in [-0.1, -0.05) is 40.9 Å². The van der Waals surface area contributed by atoms with Crippen molar-refractivity contribution in [1.29, 1.82) is 0 Å². The summed E-state index contributed by atoms with van der Waals surface area (Å²) in [7, 11) is 1.86. The van der Waals surface area contributed by atoms with Crippen molar-refractivity contribution < 1.29 is 9.59 Å². The van der Waals surface area contributed by atoms with E-state index in [2.05, 4.69) is 26.6 Å². The fraction of sp³-hybridized carbons (Fsp3) is 0.500. The Labute approximate surface area is 139 Å². The van der Waals surface area contributed by atoms with Gasteiger partial charge in [-0.05, 0) is 37.6 Å². The van der Waals surface area contributed by atoms with Crippen LogP contribution >= 0.6 is 15.9 Å². The molecule has 1 aliphatic carbocycles. The van der Waals surface area contributed by atoms with Crippen LogP contribution < -0.4 is 10.6 Å². The van der Waals surface area contributed by atoms with Gasteiger partial charge in [-0.3, -0.25) is 15.0 Å². The molecule has 3 amide bonds. The fourth-order valence-corrected chi connectivity index (χ4v) is 2.92. The van der Waals surface area contributed by atoms with E-state index >= 15 is 0 Å². The molecule has 1 aliphatic rings. The van der Waals surface area contributed by atoms with E-state index in [1.165, 1.54) is 0 Å². The van der Waals surface area contributed by atoms with Crippen LogP contribution in [0.5, 0.6) is 0 Å². The lowest BCUT2D eigenvalue weighted by Gasteiger charge is -2.17. The highest BCUT2D eigenvalue weighted by Gasteiger charge is 2.18. The second-order valence-electron chi connectivity index (χ2n) is 5.80. The molecule has 0 aromatic heterocycles. The lowest BCUT2D eigenvalue weighted by molar-refractivity contribution is -0.121. The number of hydrogen-bond donors (Lipinski definition) is 2. The monoisotopic (exact) mass is 367 g/mol. The van der Waals surface area contributed by atoms with Crippen LogP contribution in [0.2, 0.25) is 0 Å². The van der Waals surface area contributed by atoms with Gasteiger partial charge < -0.3 is 5.32 Å². The molecule has 2 rings (SSSR count). The van der Waals surface area contributed by atoms with Crippen LogP contribution in [0.1, 0.15) is 31.2 Å². The maximum Gasteiger partial charge on any atom is 0.321 e. The number of likely N-dealkylation sites (N-methyl/N-ethyl adjacent to an activating group) is 1. The lowest BCUT2D eigenvalue weighted by Crippen LogP contribution is -2.46. The number of amides is 3. The summed E-state index contributed by atoms with van der Waals surface area (Å²) in [5, 5.41) is 5.24. The van der Waals surface area contributed by atoms with E-state index in [1.54, 1.807) is 0 Å². The van der Waals surface area contributed by atoms with Gasteiger partial charge in [-0.25, -0.2) is 4.79 Å². The highest BCUT2D eigenvalue weighted by atomic mass is 79.9. The second kappa shape index (κ2) is 8.29. The molecule has 5 nitrogen and oxygen atoms in total. The molecule has 0 aliphatic heterocycles. The van der Waals surface area contributed by atoms with Gasteiger partial charge in [0.05, 0.1) is 6.54 Å². The first-order valence-electron chi connectivity index (χ1n) is 7.56. The van der Waals surface area contributed by atoms with Gasteiger partial charge in [0, 0.05) is 17.1 Å². The standard InChI is InChI=1S/C16H22BrN3O2/c1-20(10-12-6-8-13(17)9-7-12)11-15(21)19-16(22)18-14-4-2-3-5-14/h6-9,14H,2-5,10-11H2,1H3,(H2,18,19,21,22). The van der Waals surface area contributed by atoms with Crippen molar-refractivity contribution in [2.75, 3.05) is 13.6 Å². The number of carbonyl (C=O) groups excluding carboxylic acids is 2. The number of carbonyl (C=O) groups is 2. The maximum absolute atomic E-state index is 11.9. The summed E-state index contributed by atoms with van der Waals surface area (Å²) >= 11 is 3.39. The molecule has 0 atom stereocenters. The molecule has 1 aromatic carbocycles. The Morgan fingerprint density at radius 2 is 1.86 bits per heavy atom. The Morgan fingerprint density at radius 3 is 2.50 bits per heavy atom. The minimum atomic E-state index is -0.381. The van der Waals surface area contributed by atoms with E-state index in [1.807, 2.05) is 36.2 Å². The van der Waals surface area contributed by atoms with E-state index < -0.39 is 0 Å². The van der Waals surface area contributed by atoms with Crippen molar-refractivity contribution in [3.05, 3.63) is 34.3 Å². The fourth-order valence-electron chi connectivity index (χ4n) is 2.66. The van der Waals surface area contributed by atoms with Crippen LogP contribution in [0.15, 0.2) is 28.7 Å². The third-order valence-electron chi connectivity index (χ3n) is 3.72. The van der Waals surface area contributed by atoms with Crippen molar-refractivity contribution in [2.45, 2.75) is 38.3 Å². The Morgan fingerprint density at radius 1 is 1.23 bits per heavy atom. The summed E-state index contributed by atoms with van der Waals surface area (Å²) in [6, 6.07) is 7.79. The number of nitrogens with one attached hydrogen (secondary N) is 2. The summed E-state index contributed by atoms with van der Waals surface area (Å²) in [6.45, 7) is 0.846. The molecule has 22 heavy (non-hydrogen) atoms. The predicted molar refractivity (Wildman–Crippen MR) is 89.4 cm³/mol. The lowest BCUT2D eigenvalue weighted by atomic mass is 10.2. The molecule has 0 heterocycles. The first-order valence-corrected chi connectivity index (χ1v) is 8.35. The van der Waals surface area contributed by atoms with Gasteiger partial charge >= 0.3 is 6.03 Å². The largest absolute Gasteiger partial charge is 0.335 e. The SMILES string of the molecule is CN(CC(=O)NC(=O)NC1CCCC1)Cc1ccc(Br)cc1. The molecule has 0 radical (unpaired) electrons. The molecule has 2 N–H and O–H groups in total. The van der Waals surface area contributed by atoms with Gasteiger partial charge in [-0.15, -0.1) is 0 Å². The van der Waals surface area contributed by atoms with E-state index in [9.17, 15) is 9.59 Å². The van der Waals surface area contributed by atoms with Gasteiger partial charge in [0.2, 0.25) is 5.91 Å². The quantitative estimate of drug-likeness (QED) is 0.840. The average Bonchev–Trinajstić information content (AvgIpc) is 2.93. The number of urea groups is 1. The van der Waals surface area contributed by atoms with Crippen LogP contribution in [-0.4, -0.2) is 36.5 Å². The van der Waals surface area contributed by atoms with Gasteiger partial charge in [-0.2, -0.15) is 0 Å². The highest BCUT2D eigenvalue weighted by molar-refractivity contribution is 9.10. The van der Waals surface area contributed by atoms with Crippen molar-refractivity contribution in [1.82, 2.24) is 15.5 Å². The summed E-state index contributed by atoms with van der Waals surface area (Å²) in [4.78, 5) is 25.5. The molecule has 1 fully saturated rings. The normalized spacial score (nSPS) is 15.0. The number of rotatable bonds is 5. The topological polar surface area (TPSA) is 61.4 Å². The number of benzene rings is 1. The molecule has 0 spiro atoms. The smallest absolute Gasteiger partial charge is 0.321 e. The van der Waals surface area contributed by atoms with Crippen LogP contribution in [0.3, 0.4) is 0 Å². The van der Waals surface area contributed by atoms with Crippen molar-refractivity contribution >= 4 is 27.9 Å². The van der Waals surface area contributed by atoms with E-state index in [4.69, 9.17) is 0 Å². The van der Waals surface area contributed by atoms with Gasteiger partial charge in [0.1, 0.15) is 0 Å². The zero-order valence-corrected chi connectivity index (χ0v) is 14.4. The third-order valence-corrected chi connectivity index (χ3v) is 4.25. The van der Waals surface area contributed by atoms with Crippen LogP contribution in [-0.2, 0) is 11.3 Å². The van der Waals surface area contributed by atoms with E-state index in [0.29, 0.717) is 6.54 Å². The van der Waals surface area contributed by atoms with Crippen LogP contribution in [0, 0.1) is 0 Å². The Balaban J connectivity index is 1.71. The molecule has 0 saturated heterocycles. The Bertz CT molecular complexity index is 513. The molecule has 120 valence electrons. The molecule has 0 bridgehead atoms. The van der Waals surface area contributed by atoms with Crippen molar-refractivity contribution in [3.63, 3.8) is 0 Å². The molecule has 1 aromatic rings. The van der Waals surface area contributed by atoms with Gasteiger partial charge in [0.25, 0.3) is 0 Å². The Hall–Kier alpha value is -1.40. The van der Waals surface area contributed by atoms with Crippen molar-refractivity contribution in [2.24, 2.45) is 0 Å². The zero-order chi connectivity index (χ0) is 15.9. The zero-order valence-electron chi connectivity index (χ0n) is 12.8. The maximum atomic E-state index is 11.9. The molecular weight excluding hydrogens is 346 g/mol. The van der Waals surface area contributed by atoms with Crippen LogP contribution in [0.4, 0.5) is 4.79 Å². The number of imide groups is 1. The molecule has 1 saturated carbocycles. The number of halogens is 1. The first kappa shape index (κ1) is 17.0. The summed E-state index contributed by atoms with van der Waals surface area (Å²) in [5.41, 5.74) is 1.12. The Kier molecular flexibility index (Phi) is 6.39. The number of hydrogen-bond acceptors (Lipinski definition) is 3.